The lowest BCUT2D eigenvalue weighted by Gasteiger charge is -2.12. The van der Waals surface area contributed by atoms with E-state index in [1.807, 2.05) is 18.2 Å². The number of hydrogen-bond donors (Lipinski definition) is 2. The summed E-state index contributed by atoms with van der Waals surface area (Å²) in [6, 6.07) is 5.68. The third-order valence-corrected chi connectivity index (χ3v) is 3.62. The van der Waals surface area contributed by atoms with E-state index in [9.17, 15) is 4.79 Å². The van der Waals surface area contributed by atoms with Crippen LogP contribution in [0.5, 0.6) is 11.5 Å². The van der Waals surface area contributed by atoms with Crippen LogP contribution in [0.4, 0.5) is 0 Å². The van der Waals surface area contributed by atoms with Gasteiger partial charge in [0.2, 0.25) is 12.7 Å². The molecule has 0 saturated heterocycles. The molecule has 0 spiro atoms. The van der Waals surface area contributed by atoms with E-state index in [1.165, 1.54) is 0 Å². The molecule has 18 heavy (non-hydrogen) atoms. The minimum Gasteiger partial charge on any atom is -0.454 e. The Balaban J connectivity index is 1.62. The molecule has 0 atom stereocenters. The van der Waals surface area contributed by atoms with E-state index in [-0.39, 0.29) is 18.1 Å². The van der Waals surface area contributed by atoms with Gasteiger partial charge in [0.15, 0.2) is 11.5 Å². The number of fused-ring (bicyclic) bond motifs is 1. The topological polar surface area (TPSA) is 73.6 Å². The van der Waals surface area contributed by atoms with Crippen molar-refractivity contribution in [3.63, 3.8) is 0 Å². The third kappa shape index (κ3) is 1.90. The highest BCUT2D eigenvalue weighted by molar-refractivity contribution is 5.85. The smallest absolute Gasteiger partial charge is 0.231 e. The Morgan fingerprint density at radius 2 is 2.11 bits per heavy atom. The molecule has 1 heterocycles. The van der Waals surface area contributed by atoms with Crippen LogP contribution >= 0.6 is 0 Å². The van der Waals surface area contributed by atoms with E-state index in [4.69, 9.17) is 15.2 Å². The van der Waals surface area contributed by atoms with E-state index in [0.29, 0.717) is 13.1 Å². The maximum atomic E-state index is 11.9. The van der Waals surface area contributed by atoms with Gasteiger partial charge in [-0.25, -0.2) is 0 Å². The van der Waals surface area contributed by atoms with Crippen molar-refractivity contribution < 1.29 is 14.3 Å². The number of carbonyl (C=O) groups is 1. The van der Waals surface area contributed by atoms with E-state index < -0.39 is 0 Å². The fourth-order valence-electron chi connectivity index (χ4n) is 2.10. The Morgan fingerprint density at radius 3 is 2.83 bits per heavy atom. The van der Waals surface area contributed by atoms with Gasteiger partial charge >= 0.3 is 0 Å². The van der Waals surface area contributed by atoms with Crippen molar-refractivity contribution >= 4 is 5.91 Å². The molecule has 0 aromatic heterocycles. The van der Waals surface area contributed by atoms with Gasteiger partial charge in [-0.1, -0.05) is 6.07 Å². The van der Waals surface area contributed by atoms with Crippen LogP contribution in [0.15, 0.2) is 18.2 Å². The second-order valence-corrected chi connectivity index (χ2v) is 4.85. The molecule has 2 aliphatic rings. The molecule has 1 aliphatic heterocycles. The number of amides is 1. The molecule has 1 amide bonds. The van der Waals surface area contributed by atoms with E-state index in [1.54, 1.807) is 0 Å². The quantitative estimate of drug-likeness (QED) is 0.825. The average molecular weight is 248 g/mol. The van der Waals surface area contributed by atoms with Gasteiger partial charge in [-0.2, -0.15) is 0 Å². The zero-order valence-electron chi connectivity index (χ0n) is 10.1. The lowest BCUT2D eigenvalue weighted by atomic mass is 10.1. The molecule has 1 saturated carbocycles. The van der Waals surface area contributed by atoms with Crippen LogP contribution in [0, 0.1) is 5.41 Å². The van der Waals surface area contributed by atoms with Gasteiger partial charge in [-0.15, -0.1) is 0 Å². The largest absolute Gasteiger partial charge is 0.454 e. The van der Waals surface area contributed by atoms with E-state index in [2.05, 4.69) is 5.32 Å². The maximum absolute atomic E-state index is 11.9. The Bertz CT molecular complexity index is 483. The van der Waals surface area contributed by atoms with Gasteiger partial charge < -0.3 is 20.5 Å². The first-order valence-electron chi connectivity index (χ1n) is 6.10. The molecular weight excluding hydrogens is 232 g/mol. The summed E-state index contributed by atoms with van der Waals surface area (Å²) in [6.07, 6.45) is 1.80. The molecule has 3 N–H and O–H groups in total. The molecule has 1 aliphatic carbocycles. The molecule has 1 fully saturated rings. The summed E-state index contributed by atoms with van der Waals surface area (Å²) >= 11 is 0. The second kappa shape index (κ2) is 4.17. The number of nitrogens with one attached hydrogen (secondary N) is 1. The number of rotatable bonds is 4. The highest BCUT2D eigenvalue weighted by Gasteiger charge is 2.48. The molecule has 0 radical (unpaired) electrons. The molecule has 3 rings (SSSR count). The monoisotopic (exact) mass is 248 g/mol. The first-order chi connectivity index (χ1) is 8.73. The lowest BCUT2D eigenvalue weighted by Crippen LogP contribution is -2.36. The highest BCUT2D eigenvalue weighted by atomic mass is 16.7. The van der Waals surface area contributed by atoms with Crippen LogP contribution in [-0.2, 0) is 11.3 Å². The molecule has 5 nitrogen and oxygen atoms in total. The van der Waals surface area contributed by atoms with Crippen LogP contribution in [0.25, 0.3) is 0 Å². The van der Waals surface area contributed by atoms with Crippen molar-refractivity contribution in [1.82, 2.24) is 5.32 Å². The SMILES string of the molecule is NCC1(C(=O)NCc2ccc3c(c2)OCO3)CC1. The zero-order chi connectivity index (χ0) is 12.6. The number of carbonyl (C=O) groups excluding carboxylic acids is 1. The minimum atomic E-state index is -0.295. The second-order valence-electron chi connectivity index (χ2n) is 4.85. The van der Waals surface area contributed by atoms with Gasteiger partial charge in [0, 0.05) is 13.1 Å². The Morgan fingerprint density at radius 1 is 1.33 bits per heavy atom. The molecule has 5 heteroatoms. The fraction of sp³-hybridized carbons (Fsp3) is 0.462. The molecule has 96 valence electrons. The van der Waals surface area contributed by atoms with Crippen LogP contribution in [-0.4, -0.2) is 19.2 Å². The summed E-state index contributed by atoms with van der Waals surface area (Å²) in [7, 11) is 0. The van der Waals surface area contributed by atoms with Gasteiger partial charge in [0.1, 0.15) is 0 Å². The molecule has 1 aromatic rings. The highest BCUT2D eigenvalue weighted by Crippen LogP contribution is 2.44. The number of nitrogens with two attached hydrogens (primary N) is 1. The summed E-state index contributed by atoms with van der Waals surface area (Å²) < 4.78 is 10.5. The Labute approximate surface area is 105 Å². The number of ether oxygens (including phenoxy) is 2. The van der Waals surface area contributed by atoms with Crippen molar-refractivity contribution in [1.29, 1.82) is 0 Å². The summed E-state index contributed by atoms with van der Waals surface area (Å²) in [4.78, 5) is 11.9. The fourth-order valence-corrected chi connectivity index (χ4v) is 2.10. The standard InChI is InChI=1S/C13H16N2O3/c14-7-13(3-4-13)12(16)15-6-9-1-2-10-11(5-9)18-8-17-10/h1-2,5H,3-4,6-8,14H2,(H,15,16). The predicted octanol–water partition coefficient (Wildman–Crippen LogP) is 0.770. The van der Waals surface area contributed by atoms with Crippen molar-refractivity contribution in [3.8, 4) is 11.5 Å². The summed E-state index contributed by atoms with van der Waals surface area (Å²) in [5, 5.41) is 2.93. The normalized spacial score (nSPS) is 18.5. The molecular formula is C13H16N2O3. The lowest BCUT2D eigenvalue weighted by molar-refractivity contribution is -0.126. The average Bonchev–Trinajstić information content (AvgIpc) is 3.07. The summed E-state index contributed by atoms with van der Waals surface area (Å²) in [5.74, 6) is 1.55. The van der Waals surface area contributed by atoms with Crippen molar-refractivity contribution in [3.05, 3.63) is 23.8 Å². The van der Waals surface area contributed by atoms with Gasteiger partial charge in [-0.3, -0.25) is 4.79 Å². The molecule has 0 unspecified atom stereocenters. The van der Waals surface area contributed by atoms with Gasteiger partial charge in [-0.05, 0) is 30.5 Å². The maximum Gasteiger partial charge on any atom is 0.231 e. The number of hydrogen-bond acceptors (Lipinski definition) is 4. The third-order valence-electron chi connectivity index (χ3n) is 3.62. The first kappa shape index (κ1) is 11.3. The van der Waals surface area contributed by atoms with E-state index in [0.717, 1.165) is 29.9 Å². The summed E-state index contributed by atoms with van der Waals surface area (Å²) in [5.41, 5.74) is 6.32. The van der Waals surface area contributed by atoms with Crippen LogP contribution in [0.1, 0.15) is 18.4 Å². The van der Waals surface area contributed by atoms with E-state index >= 15 is 0 Å². The number of benzene rings is 1. The van der Waals surface area contributed by atoms with Crippen LogP contribution in [0.2, 0.25) is 0 Å². The van der Waals surface area contributed by atoms with Gasteiger partial charge in [0.25, 0.3) is 0 Å². The first-order valence-corrected chi connectivity index (χ1v) is 6.10. The van der Waals surface area contributed by atoms with Crippen molar-refractivity contribution in [2.75, 3.05) is 13.3 Å². The Kier molecular flexibility index (Phi) is 2.63. The van der Waals surface area contributed by atoms with Crippen LogP contribution in [0.3, 0.4) is 0 Å². The summed E-state index contributed by atoms with van der Waals surface area (Å²) in [6.45, 7) is 1.19. The van der Waals surface area contributed by atoms with Crippen molar-refractivity contribution in [2.45, 2.75) is 19.4 Å². The molecule has 1 aromatic carbocycles. The predicted molar refractivity (Wildman–Crippen MR) is 65.1 cm³/mol. The van der Waals surface area contributed by atoms with Crippen molar-refractivity contribution in [2.24, 2.45) is 11.1 Å². The van der Waals surface area contributed by atoms with Crippen LogP contribution < -0.4 is 20.5 Å². The Hall–Kier alpha value is -1.75. The zero-order valence-corrected chi connectivity index (χ0v) is 10.1. The minimum absolute atomic E-state index is 0.0580. The van der Waals surface area contributed by atoms with Gasteiger partial charge in [0.05, 0.1) is 5.41 Å². The molecule has 0 bridgehead atoms.